The average molecular weight is 691 g/mol. The predicted molar refractivity (Wildman–Crippen MR) is 223 cm³/mol. The second-order valence-corrected chi connectivity index (χ2v) is 14.8. The van der Waals surface area contributed by atoms with Crippen LogP contribution in [0, 0.1) is 64.2 Å². The topological polar surface area (TPSA) is 47.6 Å². The zero-order valence-electron chi connectivity index (χ0n) is 32.2. The van der Waals surface area contributed by atoms with Gasteiger partial charge in [-0.05, 0) is 168 Å². The first-order chi connectivity index (χ1) is 25.7. The Kier molecular flexibility index (Phi) is 11.7. The van der Waals surface area contributed by atoms with Crippen LogP contribution in [0.2, 0.25) is 0 Å². The normalized spacial score (nSPS) is 10.9. The smallest absolute Gasteiger partial charge is 0.0994 e. The molecule has 0 radical (unpaired) electrons. The summed E-state index contributed by atoms with van der Waals surface area (Å²) in [6.07, 6.45) is 8.54. The number of hydrogen-bond donors (Lipinski definition) is 0. The minimum atomic E-state index is 0.736. The number of benzene rings is 6. The molecule has 0 aliphatic rings. The maximum Gasteiger partial charge on any atom is 0.0994 e. The van der Waals surface area contributed by atoms with Gasteiger partial charge >= 0.3 is 0 Å². The van der Waals surface area contributed by atoms with E-state index in [0.29, 0.717) is 0 Å². The molecule has 264 valence electrons. The third kappa shape index (κ3) is 8.35. The number of nitriles is 2. The van der Waals surface area contributed by atoms with Crippen molar-refractivity contribution in [3.05, 3.63) is 165 Å². The van der Waals surface area contributed by atoms with Gasteiger partial charge in [0.05, 0.1) is 23.3 Å². The second-order valence-electron chi connectivity index (χ2n) is 14.8. The first-order valence-electron chi connectivity index (χ1n) is 19.1. The molecular formula is C51H50N2. The summed E-state index contributed by atoms with van der Waals surface area (Å²) in [6.45, 7) is 12.9. The average Bonchev–Trinajstić information content (AvgIpc) is 3.17. The van der Waals surface area contributed by atoms with Gasteiger partial charge in [-0.25, -0.2) is 0 Å². The third-order valence-electron chi connectivity index (χ3n) is 11.4. The molecule has 0 spiro atoms. The fraction of sp³-hybridized carbons (Fsp3) is 0.255. The summed E-state index contributed by atoms with van der Waals surface area (Å²) in [6, 6.07) is 44.1. The van der Waals surface area contributed by atoms with E-state index in [2.05, 4.69) is 137 Å². The van der Waals surface area contributed by atoms with Gasteiger partial charge in [0.2, 0.25) is 0 Å². The number of rotatable bonds is 12. The Morgan fingerprint density at radius 1 is 0.358 bits per heavy atom. The van der Waals surface area contributed by atoms with Crippen LogP contribution in [0.5, 0.6) is 0 Å². The molecule has 0 amide bonds. The van der Waals surface area contributed by atoms with E-state index < -0.39 is 0 Å². The summed E-state index contributed by atoms with van der Waals surface area (Å²) in [5, 5.41) is 18.6. The minimum Gasteiger partial charge on any atom is -0.192 e. The monoisotopic (exact) mass is 690 g/mol. The summed E-state index contributed by atoms with van der Waals surface area (Å²) in [5.74, 6) is 0. The van der Waals surface area contributed by atoms with Gasteiger partial charge in [-0.2, -0.15) is 10.5 Å². The molecule has 0 aliphatic carbocycles. The quantitative estimate of drug-likeness (QED) is 0.120. The molecule has 0 saturated carbocycles. The van der Waals surface area contributed by atoms with Gasteiger partial charge in [0, 0.05) is 0 Å². The molecule has 6 rings (SSSR count). The van der Waals surface area contributed by atoms with E-state index in [-0.39, 0.29) is 0 Å². The summed E-state index contributed by atoms with van der Waals surface area (Å²) >= 11 is 0. The molecular weight excluding hydrogens is 641 g/mol. The first kappa shape index (κ1) is 37.1. The molecule has 0 saturated heterocycles. The van der Waals surface area contributed by atoms with Crippen LogP contribution in [0.25, 0.3) is 44.5 Å². The van der Waals surface area contributed by atoms with Crippen LogP contribution in [-0.4, -0.2) is 0 Å². The molecule has 53 heavy (non-hydrogen) atoms. The van der Waals surface area contributed by atoms with E-state index in [4.69, 9.17) is 0 Å². The van der Waals surface area contributed by atoms with Crippen molar-refractivity contribution in [1.29, 1.82) is 10.5 Å². The van der Waals surface area contributed by atoms with Gasteiger partial charge in [0.15, 0.2) is 0 Å². The van der Waals surface area contributed by atoms with Gasteiger partial charge in [0.1, 0.15) is 0 Å². The van der Waals surface area contributed by atoms with Crippen LogP contribution in [0.15, 0.2) is 109 Å². The van der Waals surface area contributed by atoms with Crippen molar-refractivity contribution in [1.82, 2.24) is 0 Å². The Labute approximate surface area is 317 Å². The van der Waals surface area contributed by atoms with Crippen molar-refractivity contribution in [3.63, 3.8) is 0 Å². The molecule has 0 bridgehead atoms. The number of aryl methyl sites for hydroxylation is 4. The van der Waals surface area contributed by atoms with E-state index in [1.165, 1.54) is 110 Å². The maximum absolute atomic E-state index is 9.31. The Hall–Kier alpha value is -5.70. The molecule has 2 heteroatoms. The minimum absolute atomic E-state index is 0.736. The Morgan fingerprint density at radius 3 is 0.981 bits per heavy atom. The Balaban J connectivity index is 0.949. The van der Waals surface area contributed by atoms with Crippen LogP contribution in [0.1, 0.15) is 87.7 Å². The highest BCUT2D eigenvalue weighted by Gasteiger charge is 2.13. The van der Waals surface area contributed by atoms with Crippen LogP contribution < -0.4 is 0 Å². The van der Waals surface area contributed by atoms with Crippen LogP contribution in [0.3, 0.4) is 0 Å². The van der Waals surface area contributed by atoms with Crippen molar-refractivity contribution in [2.45, 2.75) is 86.5 Å². The Bertz CT molecular complexity index is 2160. The van der Waals surface area contributed by atoms with Gasteiger partial charge in [-0.15, -0.1) is 0 Å². The number of unbranched alkanes of at least 4 members (excludes halogenated alkanes) is 4. The Morgan fingerprint density at radius 2 is 0.660 bits per heavy atom. The molecule has 0 unspecified atom stereocenters. The molecule has 0 heterocycles. The molecule has 0 fully saturated rings. The van der Waals surface area contributed by atoms with Crippen molar-refractivity contribution in [2.24, 2.45) is 0 Å². The van der Waals surface area contributed by atoms with E-state index >= 15 is 0 Å². The van der Waals surface area contributed by atoms with Crippen molar-refractivity contribution in [3.8, 4) is 56.6 Å². The van der Waals surface area contributed by atoms with Crippen LogP contribution in [0.4, 0.5) is 0 Å². The van der Waals surface area contributed by atoms with Crippen molar-refractivity contribution < 1.29 is 0 Å². The zero-order valence-corrected chi connectivity index (χ0v) is 32.2. The lowest BCUT2D eigenvalue weighted by molar-refractivity contribution is 0.613. The highest BCUT2D eigenvalue weighted by atomic mass is 14.3. The summed E-state index contributed by atoms with van der Waals surface area (Å²) < 4.78 is 0. The molecule has 0 aromatic heterocycles. The summed E-state index contributed by atoms with van der Waals surface area (Å²) in [5.41, 5.74) is 21.4. The molecule has 0 atom stereocenters. The van der Waals surface area contributed by atoms with Gasteiger partial charge in [0.25, 0.3) is 0 Å². The van der Waals surface area contributed by atoms with Crippen molar-refractivity contribution in [2.75, 3.05) is 0 Å². The molecule has 0 aliphatic heterocycles. The lowest BCUT2D eigenvalue weighted by Gasteiger charge is -2.15. The molecule has 2 nitrogen and oxygen atoms in total. The van der Waals surface area contributed by atoms with Crippen LogP contribution in [-0.2, 0) is 12.8 Å². The SMILES string of the molecule is Cc1cc(-c2ccc(-c3ccc(CCCCCCCc4ccc(-c5ccc(-c6ccc(C#N)c(C)c6)c(C)c5C)cc4)cc3)c(C)c2C)ccc1C#N. The van der Waals surface area contributed by atoms with E-state index in [9.17, 15) is 10.5 Å². The highest BCUT2D eigenvalue weighted by molar-refractivity contribution is 5.79. The number of nitrogens with zero attached hydrogens (tertiary/aromatic N) is 2. The standard InChI is InChI=1S/C51H50N2/c1-34-30-44(22-24-46(34)32-52)50-28-26-48(36(3)38(50)5)42-18-14-40(15-19-42)12-10-8-7-9-11-13-41-16-20-43(21-17-41)49-27-29-51(39(6)37(49)4)45-23-25-47(33-53)35(2)31-45/h14-31H,7-13H2,1-6H3. The first-order valence-corrected chi connectivity index (χ1v) is 19.1. The summed E-state index contributed by atoms with van der Waals surface area (Å²) in [4.78, 5) is 0. The zero-order chi connectivity index (χ0) is 37.5. The molecule has 0 N–H and O–H groups in total. The number of hydrogen-bond acceptors (Lipinski definition) is 2. The van der Waals surface area contributed by atoms with Crippen molar-refractivity contribution >= 4 is 0 Å². The highest BCUT2D eigenvalue weighted by Crippen LogP contribution is 2.35. The molecule has 6 aromatic carbocycles. The predicted octanol–water partition coefficient (Wildman–Crippen LogP) is 13.7. The van der Waals surface area contributed by atoms with Gasteiger partial charge < -0.3 is 0 Å². The lowest BCUT2D eigenvalue weighted by Crippen LogP contribution is -1.94. The lowest BCUT2D eigenvalue weighted by atomic mass is 9.89. The maximum atomic E-state index is 9.31. The van der Waals surface area contributed by atoms with Crippen LogP contribution >= 0.6 is 0 Å². The summed E-state index contributed by atoms with van der Waals surface area (Å²) in [7, 11) is 0. The van der Waals surface area contributed by atoms with Gasteiger partial charge in [-0.3, -0.25) is 0 Å². The fourth-order valence-corrected chi connectivity index (χ4v) is 7.70. The fourth-order valence-electron chi connectivity index (χ4n) is 7.70. The largest absolute Gasteiger partial charge is 0.192 e. The van der Waals surface area contributed by atoms with E-state index in [1.54, 1.807) is 0 Å². The van der Waals surface area contributed by atoms with E-state index in [0.717, 1.165) is 35.1 Å². The molecule has 6 aromatic rings. The second kappa shape index (κ2) is 16.8. The van der Waals surface area contributed by atoms with E-state index in [1.807, 2.05) is 26.0 Å². The third-order valence-corrected chi connectivity index (χ3v) is 11.4. The van der Waals surface area contributed by atoms with Gasteiger partial charge in [-0.1, -0.05) is 116 Å².